The molecule has 1 atom stereocenters. The van der Waals surface area contributed by atoms with Crippen molar-refractivity contribution in [2.24, 2.45) is 0 Å². The third-order valence-electron chi connectivity index (χ3n) is 1.86. The van der Waals surface area contributed by atoms with E-state index in [1.54, 1.807) is 6.92 Å². The molecule has 3 nitrogen and oxygen atoms in total. The average Bonchev–Trinajstić information content (AvgIpc) is 2.22. The third kappa shape index (κ3) is 3.27. The van der Waals surface area contributed by atoms with Gasteiger partial charge in [-0.3, -0.25) is 0 Å². The first-order chi connectivity index (χ1) is 7.54. The zero-order valence-corrected chi connectivity index (χ0v) is 9.00. The van der Waals surface area contributed by atoms with E-state index in [9.17, 15) is 13.6 Å². The highest BCUT2D eigenvalue weighted by atomic mass is 19.2. The predicted octanol–water partition coefficient (Wildman–Crippen LogP) is 2.16. The molecular formula is C11H12F2O3. The van der Waals surface area contributed by atoms with Crippen LogP contribution >= 0.6 is 0 Å². The van der Waals surface area contributed by atoms with Gasteiger partial charge in [-0.1, -0.05) is 0 Å². The summed E-state index contributed by atoms with van der Waals surface area (Å²) in [5, 5.41) is 0. The Kier molecular flexibility index (Phi) is 4.37. The standard InChI is InChI=1S/C11H12F2O3/c1-7(6-15-2)16-11(14)8-3-4-9(12)10(13)5-8/h3-5,7H,6H2,1-2H3. The second-order valence-corrected chi connectivity index (χ2v) is 3.30. The first-order valence-electron chi connectivity index (χ1n) is 4.69. The predicted molar refractivity (Wildman–Crippen MR) is 53.1 cm³/mol. The van der Waals surface area contributed by atoms with Gasteiger partial charge in [0.05, 0.1) is 12.2 Å². The van der Waals surface area contributed by atoms with Gasteiger partial charge in [0.25, 0.3) is 0 Å². The Morgan fingerprint density at radius 2 is 2.06 bits per heavy atom. The van der Waals surface area contributed by atoms with Gasteiger partial charge in [-0.05, 0) is 25.1 Å². The van der Waals surface area contributed by atoms with E-state index in [4.69, 9.17) is 9.47 Å². The molecule has 0 aliphatic heterocycles. The number of carbonyl (C=O) groups is 1. The van der Waals surface area contributed by atoms with Crippen LogP contribution in [0.3, 0.4) is 0 Å². The van der Waals surface area contributed by atoms with E-state index in [-0.39, 0.29) is 12.2 Å². The molecule has 5 heteroatoms. The van der Waals surface area contributed by atoms with E-state index < -0.39 is 23.7 Å². The number of hydrogen-bond acceptors (Lipinski definition) is 3. The number of ether oxygens (including phenoxy) is 2. The van der Waals surface area contributed by atoms with Gasteiger partial charge < -0.3 is 9.47 Å². The van der Waals surface area contributed by atoms with Crippen molar-refractivity contribution in [3.8, 4) is 0 Å². The molecule has 0 fully saturated rings. The van der Waals surface area contributed by atoms with Gasteiger partial charge in [0.15, 0.2) is 11.6 Å². The van der Waals surface area contributed by atoms with Crippen molar-refractivity contribution in [3.05, 3.63) is 35.4 Å². The lowest BCUT2D eigenvalue weighted by Crippen LogP contribution is -2.19. The molecular weight excluding hydrogens is 218 g/mol. The van der Waals surface area contributed by atoms with E-state index in [0.717, 1.165) is 12.1 Å². The summed E-state index contributed by atoms with van der Waals surface area (Å²) in [4.78, 5) is 11.4. The lowest BCUT2D eigenvalue weighted by atomic mass is 10.2. The Hall–Kier alpha value is -1.49. The van der Waals surface area contributed by atoms with Gasteiger partial charge in [0.1, 0.15) is 6.10 Å². The zero-order chi connectivity index (χ0) is 12.1. The Morgan fingerprint density at radius 3 is 2.62 bits per heavy atom. The molecule has 1 aromatic carbocycles. The summed E-state index contributed by atoms with van der Waals surface area (Å²) in [5.41, 5.74) is -0.0261. The molecule has 0 aromatic heterocycles. The number of halogens is 2. The van der Waals surface area contributed by atoms with Gasteiger partial charge in [-0.25, -0.2) is 13.6 Å². The Balaban J connectivity index is 2.69. The van der Waals surface area contributed by atoms with E-state index in [0.29, 0.717) is 0 Å². The molecule has 0 spiro atoms. The fourth-order valence-corrected chi connectivity index (χ4v) is 1.14. The van der Waals surface area contributed by atoms with E-state index in [2.05, 4.69) is 0 Å². The van der Waals surface area contributed by atoms with Crippen LogP contribution in [0.4, 0.5) is 8.78 Å². The minimum atomic E-state index is -1.08. The molecule has 0 saturated carbocycles. The second-order valence-electron chi connectivity index (χ2n) is 3.30. The van der Waals surface area contributed by atoms with E-state index >= 15 is 0 Å². The normalized spacial score (nSPS) is 12.2. The maximum Gasteiger partial charge on any atom is 0.338 e. The number of methoxy groups -OCH3 is 1. The maximum absolute atomic E-state index is 12.8. The summed E-state index contributed by atoms with van der Waals surface area (Å²) < 4.78 is 35.1. The van der Waals surface area contributed by atoms with Crippen molar-refractivity contribution in [2.75, 3.05) is 13.7 Å². The molecule has 88 valence electrons. The quantitative estimate of drug-likeness (QED) is 0.743. The second kappa shape index (κ2) is 5.55. The summed E-state index contributed by atoms with van der Waals surface area (Å²) in [7, 11) is 1.47. The van der Waals surface area contributed by atoms with Crippen molar-refractivity contribution in [2.45, 2.75) is 13.0 Å². The average molecular weight is 230 g/mol. The fourth-order valence-electron chi connectivity index (χ4n) is 1.14. The van der Waals surface area contributed by atoms with Crippen LogP contribution in [0.15, 0.2) is 18.2 Å². The topological polar surface area (TPSA) is 35.5 Å². The van der Waals surface area contributed by atoms with Crippen molar-refractivity contribution >= 4 is 5.97 Å². The molecule has 0 saturated heterocycles. The first-order valence-corrected chi connectivity index (χ1v) is 4.69. The molecule has 1 rings (SSSR count). The van der Waals surface area contributed by atoms with Gasteiger partial charge in [0, 0.05) is 7.11 Å². The van der Waals surface area contributed by atoms with Crippen molar-refractivity contribution < 1.29 is 23.0 Å². The van der Waals surface area contributed by atoms with Gasteiger partial charge >= 0.3 is 5.97 Å². The molecule has 1 aromatic rings. The van der Waals surface area contributed by atoms with Crippen molar-refractivity contribution in [3.63, 3.8) is 0 Å². The van der Waals surface area contributed by atoms with Crippen LogP contribution in [-0.2, 0) is 9.47 Å². The number of hydrogen-bond donors (Lipinski definition) is 0. The smallest absolute Gasteiger partial charge is 0.338 e. The third-order valence-corrected chi connectivity index (χ3v) is 1.86. The highest BCUT2D eigenvalue weighted by Crippen LogP contribution is 2.10. The van der Waals surface area contributed by atoms with Crippen LogP contribution in [0.25, 0.3) is 0 Å². The fraction of sp³-hybridized carbons (Fsp3) is 0.364. The zero-order valence-electron chi connectivity index (χ0n) is 9.00. The lowest BCUT2D eigenvalue weighted by molar-refractivity contribution is 0.0119. The molecule has 16 heavy (non-hydrogen) atoms. The molecule has 0 bridgehead atoms. The summed E-state index contributed by atoms with van der Waals surface area (Å²) in [6.45, 7) is 1.89. The monoisotopic (exact) mass is 230 g/mol. The minimum Gasteiger partial charge on any atom is -0.457 e. The van der Waals surface area contributed by atoms with Crippen LogP contribution in [-0.4, -0.2) is 25.8 Å². The molecule has 0 N–H and O–H groups in total. The number of benzene rings is 1. The summed E-state index contributed by atoms with van der Waals surface area (Å²) >= 11 is 0. The number of carbonyl (C=O) groups excluding carboxylic acids is 1. The Labute approximate surface area is 92.0 Å². The first kappa shape index (κ1) is 12.6. The lowest BCUT2D eigenvalue weighted by Gasteiger charge is -2.11. The molecule has 0 aliphatic rings. The van der Waals surface area contributed by atoms with Crippen molar-refractivity contribution in [1.82, 2.24) is 0 Å². The van der Waals surface area contributed by atoms with Crippen molar-refractivity contribution in [1.29, 1.82) is 0 Å². The number of rotatable bonds is 4. The SMILES string of the molecule is COCC(C)OC(=O)c1ccc(F)c(F)c1. The van der Waals surface area contributed by atoms with E-state index in [1.165, 1.54) is 13.2 Å². The van der Waals surface area contributed by atoms with Crippen LogP contribution in [0.5, 0.6) is 0 Å². The van der Waals surface area contributed by atoms with Gasteiger partial charge in [-0.15, -0.1) is 0 Å². The summed E-state index contributed by atoms with van der Waals surface area (Å²) in [5.74, 6) is -2.78. The number of esters is 1. The maximum atomic E-state index is 12.8. The van der Waals surface area contributed by atoms with Crippen LogP contribution < -0.4 is 0 Å². The molecule has 0 heterocycles. The van der Waals surface area contributed by atoms with Crippen LogP contribution in [0, 0.1) is 11.6 Å². The highest BCUT2D eigenvalue weighted by Gasteiger charge is 2.13. The minimum absolute atomic E-state index is 0.0261. The van der Waals surface area contributed by atoms with Crippen LogP contribution in [0.2, 0.25) is 0 Å². The van der Waals surface area contributed by atoms with Gasteiger partial charge in [-0.2, -0.15) is 0 Å². The summed E-state index contributed by atoms with van der Waals surface area (Å²) in [6.07, 6.45) is -0.439. The molecule has 1 unspecified atom stereocenters. The molecule has 0 radical (unpaired) electrons. The summed E-state index contributed by atoms with van der Waals surface area (Å²) in [6, 6.07) is 2.85. The molecule has 0 aliphatic carbocycles. The van der Waals surface area contributed by atoms with Crippen LogP contribution in [0.1, 0.15) is 17.3 Å². The Bertz CT molecular complexity index is 379. The largest absolute Gasteiger partial charge is 0.457 e. The van der Waals surface area contributed by atoms with Gasteiger partial charge in [0.2, 0.25) is 0 Å². The molecule has 0 amide bonds. The highest BCUT2D eigenvalue weighted by molar-refractivity contribution is 5.89. The Morgan fingerprint density at radius 1 is 1.38 bits per heavy atom. The van der Waals surface area contributed by atoms with E-state index in [1.807, 2.05) is 0 Å².